The highest BCUT2D eigenvalue weighted by atomic mass is 35.5. The molecule has 1 heterocycles. The van der Waals surface area contributed by atoms with E-state index in [9.17, 15) is 4.79 Å². The summed E-state index contributed by atoms with van der Waals surface area (Å²) in [6.45, 7) is 4.10. The minimum absolute atomic E-state index is 0.263. The summed E-state index contributed by atoms with van der Waals surface area (Å²) in [6.07, 6.45) is 0. The largest absolute Gasteiger partial charge is 0.417 e. The second-order valence-electron chi connectivity index (χ2n) is 4.94. The van der Waals surface area contributed by atoms with Gasteiger partial charge in [0.15, 0.2) is 5.58 Å². The van der Waals surface area contributed by atoms with Crippen LogP contribution in [0.5, 0.6) is 0 Å². The lowest BCUT2D eigenvalue weighted by atomic mass is 9.95. The molecule has 4 heteroatoms. The fraction of sp³-hybridized carbons (Fsp3) is 0.188. The van der Waals surface area contributed by atoms with Gasteiger partial charge in [-0.3, -0.25) is 4.98 Å². The Bertz CT molecular complexity index is 812. The van der Waals surface area contributed by atoms with Gasteiger partial charge in [0.1, 0.15) is 0 Å². The maximum atomic E-state index is 11.2. The number of fused-ring (bicyclic) bond motifs is 1. The van der Waals surface area contributed by atoms with Crippen molar-refractivity contribution in [1.29, 1.82) is 0 Å². The Labute approximate surface area is 121 Å². The van der Waals surface area contributed by atoms with Crippen LogP contribution in [0.25, 0.3) is 11.1 Å². The molecule has 2 aromatic carbocycles. The molecule has 0 saturated carbocycles. The topological polar surface area (TPSA) is 46.0 Å². The number of aromatic amines is 1. The summed E-state index contributed by atoms with van der Waals surface area (Å²) in [5.74, 6) is -0.449. The Morgan fingerprint density at radius 3 is 2.55 bits per heavy atom. The lowest BCUT2D eigenvalue weighted by Crippen LogP contribution is -1.99. The van der Waals surface area contributed by atoms with E-state index in [4.69, 9.17) is 16.0 Å². The molecule has 0 aliphatic carbocycles. The lowest BCUT2D eigenvalue weighted by Gasteiger charge is -2.16. The SMILES string of the molecule is Cc1cccc(C)c1C(Cl)c1ccc2[nH]c(=O)oc2c1. The van der Waals surface area contributed by atoms with E-state index in [0.717, 1.165) is 22.3 Å². The highest BCUT2D eigenvalue weighted by molar-refractivity contribution is 6.23. The first kappa shape index (κ1) is 13.0. The van der Waals surface area contributed by atoms with Gasteiger partial charge in [-0.1, -0.05) is 24.3 Å². The maximum absolute atomic E-state index is 11.2. The molecule has 1 aromatic heterocycles. The zero-order valence-corrected chi connectivity index (χ0v) is 12.0. The minimum Gasteiger partial charge on any atom is -0.408 e. The molecule has 1 N–H and O–H groups in total. The molecule has 3 nitrogen and oxygen atoms in total. The highest BCUT2D eigenvalue weighted by Crippen LogP contribution is 2.34. The maximum Gasteiger partial charge on any atom is 0.417 e. The standard InChI is InChI=1S/C16H14ClNO2/c1-9-4-3-5-10(2)14(9)15(17)11-6-7-12-13(8-11)20-16(19)18-12/h3-8,15H,1-2H3,(H,18,19). The van der Waals surface area contributed by atoms with E-state index >= 15 is 0 Å². The van der Waals surface area contributed by atoms with E-state index < -0.39 is 5.76 Å². The number of halogens is 1. The van der Waals surface area contributed by atoms with E-state index in [2.05, 4.69) is 4.98 Å². The van der Waals surface area contributed by atoms with Crippen molar-refractivity contribution in [3.05, 3.63) is 69.2 Å². The molecule has 0 radical (unpaired) electrons. The average Bonchev–Trinajstić information content (AvgIpc) is 2.77. The summed E-state index contributed by atoms with van der Waals surface area (Å²) in [5, 5.41) is -0.263. The van der Waals surface area contributed by atoms with Crippen LogP contribution in [0.1, 0.15) is 27.6 Å². The monoisotopic (exact) mass is 287 g/mol. The highest BCUT2D eigenvalue weighted by Gasteiger charge is 2.16. The average molecular weight is 288 g/mol. The normalized spacial score (nSPS) is 12.8. The van der Waals surface area contributed by atoms with Crippen LogP contribution in [0.4, 0.5) is 0 Å². The number of benzene rings is 2. The molecule has 0 aliphatic heterocycles. The number of rotatable bonds is 2. The second kappa shape index (κ2) is 4.84. The van der Waals surface area contributed by atoms with Crippen LogP contribution < -0.4 is 5.76 Å². The third kappa shape index (κ3) is 2.14. The van der Waals surface area contributed by atoms with Crippen molar-refractivity contribution in [3.8, 4) is 0 Å². The molecule has 1 atom stereocenters. The van der Waals surface area contributed by atoms with Crippen molar-refractivity contribution in [1.82, 2.24) is 4.98 Å². The number of hydrogen-bond acceptors (Lipinski definition) is 2. The van der Waals surface area contributed by atoms with E-state index in [-0.39, 0.29) is 5.38 Å². The van der Waals surface area contributed by atoms with Gasteiger partial charge >= 0.3 is 5.76 Å². The predicted molar refractivity (Wildman–Crippen MR) is 80.4 cm³/mol. The Kier molecular flexibility index (Phi) is 3.14. The minimum atomic E-state index is -0.449. The van der Waals surface area contributed by atoms with Gasteiger partial charge in [0, 0.05) is 0 Å². The number of H-pyrrole nitrogens is 1. The van der Waals surface area contributed by atoms with Crippen molar-refractivity contribution in [3.63, 3.8) is 0 Å². The molecule has 0 spiro atoms. The molecule has 3 rings (SSSR count). The molecule has 0 amide bonds. The zero-order valence-electron chi connectivity index (χ0n) is 11.2. The third-order valence-electron chi connectivity index (χ3n) is 3.53. The first-order chi connectivity index (χ1) is 9.56. The van der Waals surface area contributed by atoms with E-state index in [0.29, 0.717) is 11.1 Å². The van der Waals surface area contributed by atoms with Crippen LogP contribution in [0.3, 0.4) is 0 Å². The van der Waals surface area contributed by atoms with Crippen molar-refractivity contribution in [2.75, 3.05) is 0 Å². The van der Waals surface area contributed by atoms with Crippen LogP contribution in [0.15, 0.2) is 45.6 Å². The van der Waals surface area contributed by atoms with Gasteiger partial charge in [-0.15, -0.1) is 11.6 Å². The molecule has 0 saturated heterocycles. The molecule has 0 bridgehead atoms. The summed E-state index contributed by atoms with van der Waals surface area (Å²) in [6, 6.07) is 11.7. The Morgan fingerprint density at radius 1 is 1.15 bits per heavy atom. The number of nitrogens with one attached hydrogen (secondary N) is 1. The first-order valence-corrected chi connectivity index (χ1v) is 6.83. The van der Waals surface area contributed by atoms with Gasteiger partial charge in [-0.05, 0) is 48.2 Å². The summed E-state index contributed by atoms with van der Waals surface area (Å²) >= 11 is 6.62. The molecule has 20 heavy (non-hydrogen) atoms. The van der Waals surface area contributed by atoms with Crippen LogP contribution in [0.2, 0.25) is 0 Å². The lowest BCUT2D eigenvalue weighted by molar-refractivity contribution is 0.555. The van der Waals surface area contributed by atoms with Crippen molar-refractivity contribution >= 4 is 22.7 Å². The molecule has 0 aliphatic rings. The molecule has 3 aromatic rings. The van der Waals surface area contributed by atoms with Gasteiger partial charge in [-0.25, -0.2) is 4.79 Å². The number of aromatic nitrogens is 1. The first-order valence-electron chi connectivity index (χ1n) is 6.39. The van der Waals surface area contributed by atoms with Crippen LogP contribution in [-0.4, -0.2) is 4.98 Å². The van der Waals surface area contributed by atoms with Crippen LogP contribution in [-0.2, 0) is 0 Å². The van der Waals surface area contributed by atoms with E-state index in [1.165, 1.54) is 0 Å². The Hall–Kier alpha value is -2.00. The molecule has 102 valence electrons. The fourth-order valence-corrected chi connectivity index (χ4v) is 2.99. The van der Waals surface area contributed by atoms with Gasteiger partial charge in [0.05, 0.1) is 10.9 Å². The quantitative estimate of drug-likeness (QED) is 0.722. The zero-order chi connectivity index (χ0) is 14.3. The van der Waals surface area contributed by atoms with E-state index in [1.54, 1.807) is 0 Å². The van der Waals surface area contributed by atoms with Gasteiger partial charge < -0.3 is 4.42 Å². The Balaban J connectivity index is 2.12. The van der Waals surface area contributed by atoms with Gasteiger partial charge in [-0.2, -0.15) is 0 Å². The molecular weight excluding hydrogens is 274 g/mol. The smallest absolute Gasteiger partial charge is 0.408 e. The van der Waals surface area contributed by atoms with E-state index in [1.807, 2.05) is 50.2 Å². The second-order valence-corrected chi connectivity index (χ2v) is 5.37. The molecular formula is C16H14ClNO2. The Morgan fingerprint density at radius 2 is 1.85 bits per heavy atom. The summed E-state index contributed by atoms with van der Waals surface area (Å²) in [5.41, 5.74) is 5.54. The van der Waals surface area contributed by atoms with Crippen molar-refractivity contribution in [2.24, 2.45) is 0 Å². The van der Waals surface area contributed by atoms with Crippen LogP contribution >= 0.6 is 11.6 Å². The van der Waals surface area contributed by atoms with Gasteiger partial charge in [0.25, 0.3) is 0 Å². The number of oxazole rings is 1. The summed E-state index contributed by atoms with van der Waals surface area (Å²) in [7, 11) is 0. The molecule has 1 unspecified atom stereocenters. The number of hydrogen-bond donors (Lipinski definition) is 1. The summed E-state index contributed by atoms with van der Waals surface area (Å²) < 4.78 is 5.09. The summed E-state index contributed by atoms with van der Waals surface area (Å²) in [4.78, 5) is 13.8. The van der Waals surface area contributed by atoms with Crippen molar-refractivity contribution < 1.29 is 4.42 Å². The number of alkyl halides is 1. The van der Waals surface area contributed by atoms with Gasteiger partial charge in [0.2, 0.25) is 0 Å². The van der Waals surface area contributed by atoms with Crippen molar-refractivity contribution in [2.45, 2.75) is 19.2 Å². The van der Waals surface area contributed by atoms with Crippen LogP contribution in [0, 0.1) is 13.8 Å². The molecule has 0 fully saturated rings. The fourth-order valence-electron chi connectivity index (χ4n) is 2.51. The number of aryl methyl sites for hydroxylation is 2. The third-order valence-corrected chi connectivity index (χ3v) is 4.00. The predicted octanol–water partition coefficient (Wildman–Crippen LogP) is 4.07.